The zero-order chi connectivity index (χ0) is 16.5. The Balaban J connectivity index is 2.55. The number of carboxylic acids is 1. The van der Waals surface area contributed by atoms with Gasteiger partial charge >= 0.3 is 5.97 Å². The third kappa shape index (κ3) is 3.31. The van der Waals surface area contributed by atoms with Crippen molar-refractivity contribution in [3.63, 3.8) is 0 Å². The molecule has 0 saturated heterocycles. The minimum atomic E-state index is -3.94. The van der Waals surface area contributed by atoms with Crippen molar-refractivity contribution in [3.8, 4) is 0 Å². The van der Waals surface area contributed by atoms with Crippen LogP contribution < -0.4 is 4.72 Å². The Hall–Kier alpha value is -1.44. The lowest BCUT2D eigenvalue weighted by atomic mass is 10.1. The zero-order valence-electron chi connectivity index (χ0n) is 12.1. The molecule has 0 aliphatic carbocycles. The lowest BCUT2D eigenvalue weighted by Gasteiger charge is -2.19. The fourth-order valence-electron chi connectivity index (χ4n) is 2.17. The van der Waals surface area contributed by atoms with E-state index in [2.05, 4.69) is 20.7 Å². The summed E-state index contributed by atoms with van der Waals surface area (Å²) in [7, 11) is -3.94. The van der Waals surface area contributed by atoms with Crippen molar-refractivity contribution in [3.05, 3.63) is 40.9 Å². The lowest BCUT2D eigenvalue weighted by Crippen LogP contribution is -2.44. The van der Waals surface area contributed by atoms with Crippen LogP contribution in [0.1, 0.15) is 13.8 Å². The molecule has 22 heavy (non-hydrogen) atoms. The number of hydrogen-bond acceptors (Lipinski definition) is 3. The maximum atomic E-state index is 12.6. The Morgan fingerprint density at radius 1 is 1.14 bits per heavy atom. The van der Waals surface area contributed by atoms with Gasteiger partial charge in [-0.25, -0.2) is 8.42 Å². The predicted octanol–water partition coefficient (Wildman–Crippen LogP) is 2.99. The molecule has 1 atom stereocenters. The summed E-state index contributed by atoms with van der Waals surface area (Å²) >= 11 is 3.39. The molecule has 1 unspecified atom stereocenters. The highest BCUT2D eigenvalue weighted by molar-refractivity contribution is 9.10. The summed E-state index contributed by atoms with van der Waals surface area (Å²) < 4.78 is 28.2. The summed E-state index contributed by atoms with van der Waals surface area (Å²) in [6, 6.07) is 8.98. The number of fused-ring (bicyclic) bond motifs is 1. The van der Waals surface area contributed by atoms with Crippen LogP contribution in [0.4, 0.5) is 0 Å². The Labute approximate surface area is 137 Å². The van der Waals surface area contributed by atoms with E-state index in [1.165, 1.54) is 6.07 Å². The minimum absolute atomic E-state index is 0.0678. The fourth-order valence-corrected chi connectivity index (χ4v) is 4.20. The zero-order valence-corrected chi connectivity index (χ0v) is 14.5. The standard InChI is InChI=1S/C15H16BrNO4S/c1-9(2)14(15(18)19)17-22(20,21)13-8-7-12(16)10-5-3-4-6-11(10)13/h3-9,14,17H,1-2H3,(H,18,19). The van der Waals surface area contributed by atoms with E-state index in [1.54, 1.807) is 38.1 Å². The van der Waals surface area contributed by atoms with Gasteiger partial charge in [-0.2, -0.15) is 4.72 Å². The summed E-state index contributed by atoms with van der Waals surface area (Å²) in [5.74, 6) is -1.56. The highest BCUT2D eigenvalue weighted by atomic mass is 79.9. The lowest BCUT2D eigenvalue weighted by molar-refractivity contribution is -0.140. The Bertz CT molecular complexity index is 817. The maximum absolute atomic E-state index is 12.6. The van der Waals surface area contributed by atoms with Gasteiger partial charge in [-0.3, -0.25) is 4.79 Å². The van der Waals surface area contributed by atoms with Crippen LogP contribution >= 0.6 is 15.9 Å². The molecule has 0 fully saturated rings. The van der Waals surface area contributed by atoms with Crippen molar-refractivity contribution < 1.29 is 18.3 Å². The predicted molar refractivity (Wildman–Crippen MR) is 88.2 cm³/mol. The van der Waals surface area contributed by atoms with Crippen LogP contribution in [0.3, 0.4) is 0 Å². The fraction of sp³-hybridized carbons (Fsp3) is 0.267. The van der Waals surface area contributed by atoms with Gasteiger partial charge in [0.25, 0.3) is 0 Å². The molecule has 5 nitrogen and oxygen atoms in total. The molecule has 0 saturated carbocycles. The molecule has 0 aliphatic heterocycles. The molecule has 0 radical (unpaired) electrons. The van der Waals surface area contributed by atoms with Crippen LogP contribution in [0.2, 0.25) is 0 Å². The molecule has 118 valence electrons. The second kappa shape index (κ2) is 6.36. The first-order chi connectivity index (χ1) is 10.2. The van der Waals surface area contributed by atoms with E-state index in [9.17, 15) is 18.3 Å². The topological polar surface area (TPSA) is 83.5 Å². The Morgan fingerprint density at radius 2 is 1.73 bits per heavy atom. The Kier molecular flexibility index (Phi) is 4.89. The number of hydrogen-bond donors (Lipinski definition) is 2. The van der Waals surface area contributed by atoms with Crippen LogP contribution in [0, 0.1) is 5.92 Å². The van der Waals surface area contributed by atoms with Gasteiger partial charge in [0.1, 0.15) is 6.04 Å². The summed E-state index contributed by atoms with van der Waals surface area (Å²) in [4.78, 5) is 11.3. The van der Waals surface area contributed by atoms with E-state index >= 15 is 0 Å². The number of nitrogens with one attached hydrogen (secondary N) is 1. The monoisotopic (exact) mass is 385 g/mol. The smallest absolute Gasteiger partial charge is 0.322 e. The van der Waals surface area contributed by atoms with Crippen molar-refractivity contribution in [1.29, 1.82) is 0 Å². The van der Waals surface area contributed by atoms with Crippen LogP contribution in [0.15, 0.2) is 45.8 Å². The highest BCUT2D eigenvalue weighted by Crippen LogP contribution is 2.29. The molecule has 0 heterocycles. The first-order valence-electron chi connectivity index (χ1n) is 6.66. The summed E-state index contributed by atoms with van der Waals surface area (Å²) in [6.07, 6.45) is 0. The number of rotatable bonds is 5. The number of sulfonamides is 1. The van der Waals surface area contributed by atoms with Crippen molar-refractivity contribution in [1.82, 2.24) is 4.72 Å². The average molecular weight is 386 g/mol. The van der Waals surface area contributed by atoms with Crippen LogP contribution in [0.25, 0.3) is 10.8 Å². The van der Waals surface area contributed by atoms with Crippen molar-refractivity contribution >= 4 is 42.7 Å². The number of halogens is 1. The van der Waals surface area contributed by atoms with Gasteiger partial charge in [-0.1, -0.05) is 54.0 Å². The summed E-state index contributed by atoms with van der Waals surface area (Å²) in [5, 5.41) is 10.5. The van der Waals surface area contributed by atoms with Gasteiger partial charge in [0, 0.05) is 9.86 Å². The highest BCUT2D eigenvalue weighted by Gasteiger charge is 2.29. The van der Waals surface area contributed by atoms with E-state index in [4.69, 9.17) is 0 Å². The van der Waals surface area contributed by atoms with E-state index in [-0.39, 0.29) is 10.8 Å². The van der Waals surface area contributed by atoms with E-state index < -0.39 is 22.0 Å². The largest absolute Gasteiger partial charge is 0.480 e. The van der Waals surface area contributed by atoms with Crippen molar-refractivity contribution in [2.45, 2.75) is 24.8 Å². The average Bonchev–Trinajstić information content (AvgIpc) is 2.44. The number of aliphatic carboxylic acids is 1. The minimum Gasteiger partial charge on any atom is -0.480 e. The molecular weight excluding hydrogens is 370 g/mol. The number of carbonyl (C=O) groups is 1. The normalized spacial score (nSPS) is 13.5. The molecule has 0 aromatic heterocycles. The molecule has 0 bridgehead atoms. The van der Waals surface area contributed by atoms with Gasteiger partial charge in [-0.05, 0) is 23.4 Å². The van der Waals surface area contributed by atoms with E-state index in [1.807, 2.05) is 6.07 Å². The van der Waals surface area contributed by atoms with Gasteiger partial charge in [-0.15, -0.1) is 0 Å². The second-order valence-electron chi connectivity index (χ2n) is 5.27. The third-order valence-corrected chi connectivity index (χ3v) is 5.53. The van der Waals surface area contributed by atoms with Gasteiger partial charge < -0.3 is 5.11 Å². The first-order valence-corrected chi connectivity index (χ1v) is 8.94. The molecule has 0 aliphatic rings. The van der Waals surface area contributed by atoms with E-state index in [0.29, 0.717) is 5.39 Å². The van der Waals surface area contributed by atoms with Crippen LogP contribution in [-0.4, -0.2) is 25.5 Å². The molecule has 2 N–H and O–H groups in total. The van der Waals surface area contributed by atoms with Crippen LogP contribution in [-0.2, 0) is 14.8 Å². The first kappa shape index (κ1) is 16.9. The molecular formula is C15H16BrNO4S. The number of benzene rings is 2. The summed E-state index contributed by atoms with van der Waals surface area (Å²) in [6.45, 7) is 3.31. The van der Waals surface area contributed by atoms with Crippen LogP contribution in [0.5, 0.6) is 0 Å². The van der Waals surface area contributed by atoms with Gasteiger partial charge in [0.05, 0.1) is 4.90 Å². The Morgan fingerprint density at radius 3 is 2.27 bits per heavy atom. The second-order valence-corrected chi connectivity index (χ2v) is 7.81. The molecule has 0 spiro atoms. The molecule has 2 rings (SSSR count). The molecule has 2 aromatic carbocycles. The third-order valence-electron chi connectivity index (χ3n) is 3.34. The molecule has 7 heteroatoms. The SMILES string of the molecule is CC(C)C(NS(=O)(=O)c1ccc(Br)c2ccccc12)C(=O)O. The quantitative estimate of drug-likeness (QED) is 0.828. The summed E-state index contributed by atoms with van der Waals surface area (Å²) in [5.41, 5.74) is 0. The van der Waals surface area contributed by atoms with E-state index in [0.717, 1.165) is 9.86 Å². The van der Waals surface area contributed by atoms with Crippen molar-refractivity contribution in [2.24, 2.45) is 5.92 Å². The maximum Gasteiger partial charge on any atom is 0.322 e. The number of carboxylic acid groups (broad SMARTS) is 1. The van der Waals surface area contributed by atoms with Crippen molar-refractivity contribution in [2.75, 3.05) is 0 Å². The molecule has 0 amide bonds. The van der Waals surface area contributed by atoms with Gasteiger partial charge in [0.2, 0.25) is 10.0 Å². The van der Waals surface area contributed by atoms with Gasteiger partial charge in [0.15, 0.2) is 0 Å². The molecule has 2 aromatic rings.